The average molecular weight is 562 g/mol. The third kappa shape index (κ3) is 6.62. The van der Waals surface area contributed by atoms with Crippen molar-refractivity contribution in [2.24, 2.45) is 0 Å². The number of carbonyl (C=O) groups is 2. The molecular formula is C28H37F2N5O3S. The Morgan fingerprint density at radius 1 is 1.13 bits per heavy atom. The van der Waals surface area contributed by atoms with Gasteiger partial charge in [0.15, 0.2) is 11.6 Å². The molecule has 2 aliphatic heterocycles. The molecule has 1 aromatic carbocycles. The van der Waals surface area contributed by atoms with E-state index in [1.807, 2.05) is 25.6 Å². The number of anilines is 1. The van der Waals surface area contributed by atoms with Crippen molar-refractivity contribution >= 4 is 29.6 Å². The lowest BCUT2D eigenvalue weighted by Gasteiger charge is -2.39. The number of amides is 2. The molecule has 2 aromatic rings. The number of carbonyl (C=O) groups excluding carboxylic acids is 2. The largest absolute Gasteiger partial charge is 0.444 e. The topological polar surface area (TPSA) is 78.9 Å². The summed E-state index contributed by atoms with van der Waals surface area (Å²) >= 11 is 1.83. The maximum atomic E-state index is 14.3. The number of halogens is 2. The van der Waals surface area contributed by atoms with Gasteiger partial charge in [-0.05, 0) is 59.2 Å². The Labute approximate surface area is 233 Å². The minimum Gasteiger partial charge on any atom is -0.444 e. The fourth-order valence-corrected chi connectivity index (χ4v) is 5.97. The molecule has 0 spiro atoms. The second-order valence-corrected chi connectivity index (χ2v) is 12.6. The van der Waals surface area contributed by atoms with Crippen LogP contribution >= 0.6 is 11.8 Å². The molecule has 0 aliphatic carbocycles. The van der Waals surface area contributed by atoms with Crippen LogP contribution in [-0.4, -0.2) is 76.1 Å². The summed E-state index contributed by atoms with van der Waals surface area (Å²) in [5.74, 6) is -1.38. The lowest BCUT2D eigenvalue weighted by Crippen LogP contribution is -2.52. The zero-order valence-electron chi connectivity index (χ0n) is 23.4. The summed E-state index contributed by atoms with van der Waals surface area (Å²) in [6.45, 7) is 13.1. The predicted molar refractivity (Wildman–Crippen MR) is 148 cm³/mol. The van der Waals surface area contributed by atoms with Gasteiger partial charge in [0, 0.05) is 55.3 Å². The first-order chi connectivity index (χ1) is 18.4. The molecule has 0 N–H and O–H groups in total. The van der Waals surface area contributed by atoms with Gasteiger partial charge in [-0.25, -0.2) is 23.5 Å². The van der Waals surface area contributed by atoms with E-state index in [2.05, 4.69) is 21.8 Å². The van der Waals surface area contributed by atoms with Crippen LogP contribution < -0.4 is 4.90 Å². The highest BCUT2D eigenvalue weighted by atomic mass is 32.2. The van der Waals surface area contributed by atoms with Crippen LogP contribution in [0.3, 0.4) is 0 Å². The van der Waals surface area contributed by atoms with Gasteiger partial charge in [0.2, 0.25) is 5.91 Å². The molecule has 11 heteroatoms. The number of nitrogens with zero attached hydrogens (tertiary/aromatic N) is 5. The minimum absolute atomic E-state index is 0.0230. The monoisotopic (exact) mass is 561 g/mol. The van der Waals surface area contributed by atoms with Crippen LogP contribution in [0.2, 0.25) is 0 Å². The Morgan fingerprint density at radius 2 is 1.82 bits per heavy atom. The number of hydrogen-bond donors (Lipinski definition) is 0. The molecule has 0 saturated carbocycles. The van der Waals surface area contributed by atoms with E-state index in [0.29, 0.717) is 37.0 Å². The highest BCUT2D eigenvalue weighted by Crippen LogP contribution is 2.44. The summed E-state index contributed by atoms with van der Waals surface area (Å²) in [4.78, 5) is 41.3. The Kier molecular flexibility index (Phi) is 8.68. The van der Waals surface area contributed by atoms with Crippen LogP contribution in [0.5, 0.6) is 0 Å². The van der Waals surface area contributed by atoms with E-state index in [9.17, 15) is 18.4 Å². The standard InChI is InChI=1S/C28H37F2N5O3S/c1-17(2)35(27(37)38-28(4,5)6)14-20(19-7-8-21(29)22(30)13-19)26(36)34-11-9-33(10-12-34)25-24-18(3)39-15-23(24)31-16-32-25/h7-8,13,16-18,20H,9-12,14-15H2,1-6H3/t18-,20?/m0/s1. The van der Waals surface area contributed by atoms with E-state index < -0.39 is 29.2 Å². The quantitative estimate of drug-likeness (QED) is 0.483. The smallest absolute Gasteiger partial charge is 0.410 e. The van der Waals surface area contributed by atoms with Crippen LogP contribution in [-0.2, 0) is 15.3 Å². The molecular weight excluding hydrogens is 524 g/mol. The van der Waals surface area contributed by atoms with Gasteiger partial charge in [-0.2, -0.15) is 0 Å². The summed E-state index contributed by atoms with van der Waals surface area (Å²) in [6, 6.07) is 3.20. The molecule has 1 fully saturated rings. The summed E-state index contributed by atoms with van der Waals surface area (Å²) in [7, 11) is 0. The zero-order valence-corrected chi connectivity index (χ0v) is 24.2. The van der Waals surface area contributed by atoms with Crippen molar-refractivity contribution in [2.45, 2.75) is 70.1 Å². The van der Waals surface area contributed by atoms with Gasteiger partial charge in [0.05, 0.1) is 11.6 Å². The molecule has 3 heterocycles. The van der Waals surface area contributed by atoms with Crippen molar-refractivity contribution in [1.29, 1.82) is 0 Å². The fourth-order valence-electron chi connectivity index (χ4n) is 4.92. The summed E-state index contributed by atoms with van der Waals surface area (Å²) < 4.78 is 33.6. The first kappa shape index (κ1) is 29.0. The molecule has 212 valence electrons. The van der Waals surface area contributed by atoms with Crippen molar-refractivity contribution in [2.75, 3.05) is 37.6 Å². The highest BCUT2D eigenvalue weighted by Gasteiger charge is 2.35. The minimum atomic E-state index is -1.03. The van der Waals surface area contributed by atoms with Crippen LogP contribution in [0.1, 0.15) is 69.5 Å². The number of hydrogen-bond acceptors (Lipinski definition) is 7. The molecule has 1 saturated heterocycles. The Morgan fingerprint density at radius 3 is 2.44 bits per heavy atom. The van der Waals surface area contributed by atoms with Gasteiger partial charge < -0.3 is 19.4 Å². The molecule has 39 heavy (non-hydrogen) atoms. The lowest BCUT2D eigenvalue weighted by atomic mass is 9.95. The SMILES string of the molecule is CC(C)N(CC(C(=O)N1CCN(c2ncnc3c2[C@H](C)SC3)CC1)c1ccc(F)c(F)c1)C(=O)OC(C)(C)C. The molecule has 2 atom stereocenters. The molecule has 4 rings (SSSR count). The number of rotatable bonds is 6. The molecule has 1 aromatic heterocycles. The third-order valence-corrected chi connectivity index (χ3v) is 8.16. The first-order valence-electron chi connectivity index (χ1n) is 13.3. The van der Waals surface area contributed by atoms with E-state index in [1.54, 1.807) is 32.0 Å². The molecule has 8 nitrogen and oxygen atoms in total. The van der Waals surface area contributed by atoms with Crippen molar-refractivity contribution < 1.29 is 23.1 Å². The number of benzene rings is 1. The Bertz CT molecular complexity index is 1210. The molecule has 2 amide bonds. The number of thioether (sulfide) groups is 1. The maximum Gasteiger partial charge on any atom is 0.410 e. The van der Waals surface area contributed by atoms with Crippen molar-refractivity contribution in [3.8, 4) is 0 Å². The fraction of sp³-hybridized carbons (Fsp3) is 0.571. The number of piperazine rings is 1. The summed E-state index contributed by atoms with van der Waals surface area (Å²) in [6.07, 6.45) is 1.04. The second kappa shape index (κ2) is 11.7. The zero-order chi connectivity index (χ0) is 28.5. The Hall–Kier alpha value is -2.95. The van der Waals surface area contributed by atoms with Crippen LogP contribution in [0.15, 0.2) is 24.5 Å². The van der Waals surface area contributed by atoms with E-state index in [1.165, 1.54) is 11.0 Å². The maximum absolute atomic E-state index is 14.3. The molecule has 2 aliphatic rings. The van der Waals surface area contributed by atoms with Crippen molar-refractivity contribution in [1.82, 2.24) is 19.8 Å². The number of fused-ring (bicyclic) bond motifs is 1. The molecule has 0 radical (unpaired) electrons. The highest BCUT2D eigenvalue weighted by molar-refractivity contribution is 7.99. The second-order valence-electron chi connectivity index (χ2n) is 11.3. The molecule has 1 unspecified atom stereocenters. The lowest BCUT2D eigenvalue weighted by molar-refractivity contribution is -0.133. The van der Waals surface area contributed by atoms with Gasteiger partial charge in [-0.3, -0.25) is 4.79 Å². The van der Waals surface area contributed by atoms with E-state index in [4.69, 9.17) is 4.74 Å². The Balaban J connectivity index is 1.55. The van der Waals surface area contributed by atoms with Crippen molar-refractivity contribution in [3.05, 3.63) is 53.0 Å². The van der Waals surface area contributed by atoms with Gasteiger partial charge in [-0.15, -0.1) is 11.8 Å². The number of ether oxygens (including phenoxy) is 1. The summed E-state index contributed by atoms with van der Waals surface area (Å²) in [5, 5.41) is 0.309. The van der Waals surface area contributed by atoms with Crippen LogP contribution in [0, 0.1) is 11.6 Å². The predicted octanol–water partition coefficient (Wildman–Crippen LogP) is 5.14. The van der Waals surface area contributed by atoms with Crippen LogP contribution in [0.4, 0.5) is 19.4 Å². The van der Waals surface area contributed by atoms with Gasteiger partial charge in [-0.1, -0.05) is 6.07 Å². The van der Waals surface area contributed by atoms with Gasteiger partial charge in [0.1, 0.15) is 17.7 Å². The summed E-state index contributed by atoms with van der Waals surface area (Å²) in [5.41, 5.74) is 1.81. The van der Waals surface area contributed by atoms with E-state index >= 15 is 0 Å². The first-order valence-corrected chi connectivity index (χ1v) is 14.3. The van der Waals surface area contributed by atoms with Gasteiger partial charge in [0.25, 0.3) is 0 Å². The van der Waals surface area contributed by atoms with Crippen molar-refractivity contribution in [3.63, 3.8) is 0 Å². The van der Waals surface area contributed by atoms with E-state index in [0.717, 1.165) is 35.0 Å². The van der Waals surface area contributed by atoms with E-state index in [-0.39, 0.29) is 18.5 Å². The average Bonchev–Trinajstić information content (AvgIpc) is 3.26. The van der Waals surface area contributed by atoms with Gasteiger partial charge >= 0.3 is 6.09 Å². The third-order valence-electron chi connectivity index (χ3n) is 6.99. The molecule has 0 bridgehead atoms. The normalized spacial score (nSPS) is 18.2. The number of aromatic nitrogens is 2. The van der Waals surface area contributed by atoms with Crippen LogP contribution in [0.25, 0.3) is 0 Å².